The van der Waals surface area contributed by atoms with Crippen LogP contribution in [0.15, 0.2) is 48.5 Å². The molecule has 2 aliphatic heterocycles. The van der Waals surface area contributed by atoms with Crippen molar-refractivity contribution >= 4 is 11.4 Å². The molecule has 6 rings (SSSR count). The van der Waals surface area contributed by atoms with Crippen molar-refractivity contribution in [1.29, 1.82) is 0 Å². The van der Waals surface area contributed by atoms with Crippen molar-refractivity contribution in [2.24, 2.45) is 11.8 Å². The van der Waals surface area contributed by atoms with Crippen LogP contribution in [-0.2, 0) is 0 Å². The maximum Gasteiger partial charge on any atom is 0.0375 e. The van der Waals surface area contributed by atoms with Crippen LogP contribution in [0.1, 0.15) is 61.5 Å². The van der Waals surface area contributed by atoms with Crippen LogP contribution in [0.4, 0.5) is 11.4 Å². The van der Waals surface area contributed by atoms with Crippen molar-refractivity contribution in [3.05, 3.63) is 59.7 Å². The smallest absolute Gasteiger partial charge is 0.0375 e. The lowest BCUT2D eigenvalue weighted by atomic mass is 9.85. The minimum atomic E-state index is 0.859. The quantitative estimate of drug-likeness (QED) is 0.612. The number of hydrogen-bond acceptors (Lipinski definition) is 2. The van der Waals surface area contributed by atoms with Crippen LogP contribution in [0.25, 0.3) is 0 Å². The van der Waals surface area contributed by atoms with Gasteiger partial charge in [-0.3, -0.25) is 0 Å². The molecule has 0 bridgehead atoms. The Morgan fingerprint density at radius 3 is 1.54 bits per heavy atom. The summed E-state index contributed by atoms with van der Waals surface area (Å²) in [5, 5.41) is 7.07. The zero-order valence-corrected chi connectivity index (χ0v) is 15.6. The fraction of sp³-hybridized carbons (Fsp3) is 0.500. The highest BCUT2D eigenvalue weighted by molar-refractivity contribution is 5.56. The maximum atomic E-state index is 3.53. The molecule has 0 amide bonds. The van der Waals surface area contributed by atoms with Gasteiger partial charge >= 0.3 is 0 Å². The van der Waals surface area contributed by atoms with Crippen LogP contribution < -0.4 is 10.6 Å². The Kier molecular flexibility index (Phi) is 4.36. The molecule has 0 aromatic heterocycles. The number of anilines is 2. The minimum absolute atomic E-state index is 0.859. The highest BCUT2D eigenvalue weighted by atomic mass is 14.9. The van der Waals surface area contributed by atoms with Crippen molar-refractivity contribution in [3.63, 3.8) is 0 Å². The molecule has 4 atom stereocenters. The average molecular weight is 347 g/mol. The normalized spacial score (nSPS) is 30.5. The van der Waals surface area contributed by atoms with Crippen LogP contribution >= 0.6 is 0 Å². The Balaban J connectivity index is 0.000000115. The van der Waals surface area contributed by atoms with E-state index in [1.807, 2.05) is 0 Å². The third-order valence-corrected chi connectivity index (χ3v) is 7.15. The van der Waals surface area contributed by atoms with Crippen molar-refractivity contribution in [2.45, 2.75) is 50.4 Å². The second-order valence-corrected chi connectivity index (χ2v) is 8.53. The molecule has 2 aromatic carbocycles. The lowest BCUT2D eigenvalue weighted by Crippen LogP contribution is -2.23. The van der Waals surface area contributed by atoms with Crippen molar-refractivity contribution in [1.82, 2.24) is 0 Å². The second-order valence-electron chi connectivity index (χ2n) is 8.53. The molecule has 2 aliphatic carbocycles. The van der Waals surface area contributed by atoms with E-state index < -0.39 is 0 Å². The van der Waals surface area contributed by atoms with Gasteiger partial charge < -0.3 is 10.6 Å². The van der Waals surface area contributed by atoms with E-state index in [9.17, 15) is 0 Å². The minimum Gasteiger partial charge on any atom is -0.385 e. The van der Waals surface area contributed by atoms with Gasteiger partial charge in [0.05, 0.1) is 0 Å². The molecular formula is C24H30N2. The summed E-state index contributed by atoms with van der Waals surface area (Å²) in [5.74, 6) is 3.54. The molecule has 2 saturated carbocycles. The number of hydrogen-bond donors (Lipinski definition) is 2. The topological polar surface area (TPSA) is 24.1 Å². The van der Waals surface area contributed by atoms with Crippen LogP contribution in [0, 0.1) is 11.8 Å². The first kappa shape index (κ1) is 16.2. The fourth-order valence-electron chi connectivity index (χ4n) is 5.83. The number of benzene rings is 2. The summed E-state index contributed by atoms with van der Waals surface area (Å²) in [5.41, 5.74) is 5.89. The second kappa shape index (κ2) is 6.98. The molecule has 0 saturated heterocycles. The molecule has 2 N–H and O–H groups in total. The first-order valence-corrected chi connectivity index (χ1v) is 10.6. The van der Waals surface area contributed by atoms with E-state index in [1.165, 1.54) is 63.0 Å². The van der Waals surface area contributed by atoms with Gasteiger partial charge in [-0.15, -0.1) is 0 Å². The Morgan fingerprint density at radius 1 is 0.577 bits per heavy atom. The fourth-order valence-corrected chi connectivity index (χ4v) is 5.83. The summed E-state index contributed by atoms with van der Waals surface area (Å²) in [6.45, 7) is 2.39. The standard InChI is InChI=1S/2C12H15N/c2*1-2-7-12-11(5-1)10-6-3-4-9(10)8-13-12/h2*1-2,5,7,9-10,13H,3-4,6,8H2/t9-,10-;/m0./s1. The number of rotatable bonds is 0. The van der Waals surface area contributed by atoms with E-state index in [4.69, 9.17) is 0 Å². The predicted octanol–water partition coefficient (Wildman–Crippen LogP) is 5.99. The van der Waals surface area contributed by atoms with Gasteiger partial charge in [0.25, 0.3) is 0 Å². The van der Waals surface area contributed by atoms with Crippen LogP contribution in [0.5, 0.6) is 0 Å². The molecule has 26 heavy (non-hydrogen) atoms. The third-order valence-electron chi connectivity index (χ3n) is 7.15. The Bertz CT molecular complexity index is 703. The molecule has 2 fully saturated rings. The first-order valence-electron chi connectivity index (χ1n) is 10.6. The molecule has 2 unspecified atom stereocenters. The number of fused-ring (bicyclic) bond motifs is 6. The van der Waals surface area contributed by atoms with Gasteiger partial charge in [-0.1, -0.05) is 49.2 Å². The van der Waals surface area contributed by atoms with Gasteiger partial charge in [-0.25, -0.2) is 0 Å². The summed E-state index contributed by atoms with van der Waals surface area (Å²) in [4.78, 5) is 0. The first-order chi connectivity index (χ1) is 12.9. The molecule has 2 heteroatoms. The molecule has 2 aromatic rings. The molecule has 2 nitrogen and oxygen atoms in total. The van der Waals surface area contributed by atoms with E-state index >= 15 is 0 Å². The van der Waals surface area contributed by atoms with Crippen LogP contribution in [-0.4, -0.2) is 13.1 Å². The number of para-hydroxylation sites is 2. The summed E-state index contributed by atoms with van der Waals surface area (Å²) < 4.78 is 0. The van der Waals surface area contributed by atoms with E-state index in [1.54, 1.807) is 11.1 Å². The lowest BCUT2D eigenvalue weighted by Gasteiger charge is -2.29. The summed E-state index contributed by atoms with van der Waals surface area (Å²) >= 11 is 0. The predicted molar refractivity (Wildman–Crippen MR) is 110 cm³/mol. The van der Waals surface area contributed by atoms with E-state index in [0.29, 0.717) is 0 Å². The molecule has 2 heterocycles. The van der Waals surface area contributed by atoms with E-state index in [-0.39, 0.29) is 0 Å². The highest BCUT2D eigenvalue weighted by Crippen LogP contribution is 2.46. The summed E-state index contributed by atoms with van der Waals surface area (Å²) in [7, 11) is 0. The van der Waals surface area contributed by atoms with Gasteiger partial charge in [0, 0.05) is 24.5 Å². The Morgan fingerprint density at radius 2 is 1.04 bits per heavy atom. The van der Waals surface area contributed by atoms with Crippen molar-refractivity contribution in [3.8, 4) is 0 Å². The van der Waals surface area contributed by atoms with Gasteiger partial charge in [0.15, 0.2) is 0 Å². The molecule has 0 spiro atoms. The highest BCUT2D eigenvalue weighted by Gasteiger charge is 2.33. The largest absolute Gasteiger partial charge is 0.385 e. The molecule has 0 radical (unpaired) electrons. The zero-order chi connectivity index (χ0) is 17.3. The maximum absolute atomic E-state index is 3.53. The lowest BCUT2D eigenvalue weighted by molar-refractivity contribution is 0.495. The SMILES string of the molecule is c1ccc2c(c1)NCC1CCCC21.c1ccc2c(c1)NC[C@@H]1CCC[C@H]21. The average Bonchev–Trinajstić information content (AvgIpc) is 3.38. The molecular weight excluding hydrogens is 316 g/mol. The van der Waals surface area contributed by atoms with Crippen molar-refractivity contribution < 1.29 is 0 Å². The van der Waals surface area contributed by atoms with Gasteiger partial charge in [-0.05, 0) is 72.6 Å². The summed E-state index contributed by atoms with van der Waals surface area (Å²) in [6.07, 6.45) is 8.50. The van der Waals surface area contributed by atoms with E-state index in [2.05, 4.69) is 59.2 Å². The third kappa shape index (κ3) is 2.90. The Labute approximate surface area is 157 Å². The monoisotopic (exact) mass is 346 g/mol. The Hall–Kier alpha value is -1.96. The molecule has 4 aliphatic rings. The van der Waals surface area contributed by atoms with Crippen LogP contribution in [0.3, 0.4) is 0 Å². The number of nitrogens with one attached hydrogen (secondary N) is 2. The van der Waals surface area contributed by atoms with Crippen LogP contribution in [0.2, 0.25) is 0 Å². The molecule has 136 valence electrons. The van der Waals surface area contributed by atoms with Gasteiger partial charge in [0.2, 0.25) is 0 Å². The van der Waals surface area contributed by atoms with Gasteiger partial charge in [-0.2, -0.15) is 0 Å². The van der Waals surface area contributed by atoms with E-state index in [0.717, 1.165) is 23.7 Å². The zero-order valence-electron chi connectivity index (χ0n) is 15.6. The van der Waals surface area contributed by atoms with Crippen molar-refractivity contribution in [2.75, 3.05) is 23.7 Å². The van der Waals surface area contributed by atoms with Gasteiger partial charge in [0.1, 0.15) is 0 Å². The summed E-state index contributed by atoms with van der Waals surface area (Å²) in [6, 6.07) is 17.6.